The van der Waals surface area contributed by atoms with Crippen molar-refractivity contribution >= 4 is 17.8 Å². The van der Waals surface area contributed by atoms with E-state index in [1.165, 1.54) is 4.90 Å². The molecule has 1 unspecified atom stereocenters. The summed E-state index contributed by atoms with van der Waals surface area (Å²) in [5.74, 6) is 0.551. The van der Waals surface area contributed by atoms with Crippen molar-refractivity contribution in [2.75, 3.05) is 20.3 Å². The van der Waals surface area contributed by atoms with Gasteiger partial charge in [0.05, 0.1) is 31.7 Å². The van der Waals surface area contributed by atoms with Gasteiger partial charge in [0.15, 0.2) is 5.96 Å². The van der Waals surface area contributed by atoms with Crippen molar-refractivity contribution in [1.82, 2.24) is 15.5 Å². The smallest absolute Gasteiger partial charge is 0.251 e. The minimum Gasteiger partial charge on any atom is -0.493 e. The summed E-state index contributed by atoms with van der Waals surface area (Å²) in [5, 5.41) is 15.0. The maximum Gasteiger partial charge on any atom is 0.251 e. The standard InChI is InChI=1S/C27H34N4O4/c1-4-27(5-2)16-24(32)31(26(28)30-27)22(17-34-3)18-9-8-10-19(15-18)25(33)29-21-13-14-35-23-12-7-6-11-20(21)23/h6-12,15,21-22H,4-5,13-14,16-17H2,1-3H3,(H2,28,30)(H,29,33)/t21-,22?/m0/s1. The number of benzene rings is 2. The monoisotopic (exact) mass is 478 g/mol. The molecule has 8 heteroatoms. The number of rotatable bonds is 8. The van der Waals surface area contributed by atoms with Gasteiger partial charge < -0.3 is 20.1 Å². The van der Waals surface area contributed by atoms with Crippen molar-refractivity contribution in [3.8, 4) is 5.75 Å². The summed E-state index contributed by atoms with van der Waals surface area (Å²) in [5.41, 5.74) is 1.80. The van der Waals surface area contributed by atoms with Gasteiger partial charge in [0, 0.05) is 30.2 Å². The molecule has 2 aromatic carbocycles. The number of hydrogen-bond acceptors (Lipinski definition) is 5. The maximum absolute atomic E-state index is 13.2. The van der Waals surface area contributed by atoms with Crippen molar-refractivity contribution in [1.29, 1.82) is 5.41 Å². The van der Waals surface area contributed by atoms with Crippen LogP contribution < -0.4 is 15.4 Å². The van der Waals surface area contributed by atoms with Gasteiger partial charge in [-0.1, -0.05) is 44.2 Å². The molecule has 0 radical (unpaired) electrons. The van der Waals surface area contributed by atoms with Gasteiger partial charge in [0.2, 0.25) is 5.91 Å². The molecule has 2 aliphatic heterocycles. The second-order valence-corrected chi connectivity index (χ2v) is 9.20. The van der Waals surface area contributed by atoms with Crippen molar-refractivity contribution in [2.24, 2.45) is 0 Å². The predicted molar refractivity (Wildman–Crippen MR) is 133 cm³/mol. The van der Waals surface area contributed by atoms with Gasteiger partial charge in [-0.05, 0) is 36.6 Å². The summed E-state index contributed by atoms with van der Waals surface area (Å²) in [6.45, 7) is 4.80. The summed E-state index contributed by atoms with van der Waals surface area (Å²) in [7, 11) is 1.57. The molecule has 0 bridgehead atoms. The minimum atomic E-state index is -0.518. The zero-order valence-electron chi connectivity index (χ0n) is 20.6. The van der Waals surface area contributed by atoms with Crippen molar-refractivity contribution in [3.05, 3.63) is 65.2 Å². The van der Waals surface area contributed by atoms with Crippen LogP contribution in [0, 0.1) is 5.41 Å². The molecule has 2 atom stereocenters. The number of hydrogen-bond donors (Lipinski definition) is 3. The van der Waals surface area contributed by atoms with E-state index in [1.54, 1.807) is 25.3 Å². The van der Waals surface area contributed by atoms with Crippen molar-refractivity contribution in [3.63, 3.8) is 0 Å². The first-order valence-electron chi connectivity index (χ1n) is 12.2. The predicted octanol–water partition coefficient (Wildman–Crippen LogP) is 3.94. The van der Waals surface area contributed by atoms with E-state index in [0.717, 1.165) is 29.7 Å². The minimum absolute atomic E-state index is 0.0701. The Morgan fingerprint density at radius 3 is 2.74 bits per heavy atom. The zero-order chi connectivity index (χ0) is 25.0. The van der Waals surface area contributed by atoms with Crippen molar-refractivity contribution in [2.45, 2.75) is 57.2 Å². The van der Waals surface area contributed by atoms with Crippen LogP contribution in [-0.2, 0) is 9.53 Å². The highest BCUT2D eigenvalue weighted by Crippen LogP contribution is 2.33. The van der Waals surface area contributed by atoms with Crippen LogP contribution in [-0.4, -0.2) is 48.5 Å². The topological polar surface area (TPSA) is 104 Å². The van der Waals surface area contributed by atoms with E-state index >= 15 is 0 Å². The van der Waals surface area contributed by atoms with E-state index in [4.69, 9.17) is 14.9 Å². The van der Waals surface area contributed by atoms with E-state index in [9.17, 15) is 9.59 Å². The highest BCUT2D eigenvalue weighted by molar-refractivity contribution is 6.00. The Bertz CT molecular complexity index is 1080. The number of carbonyl (C=O) groups is 2. The number of nitrogens with one attached hydrogen (secondary N) is 3. The third-order valence-corrected chi connectivity index (χ3v) is 7.17. The second-order valence-electron chi connectivity index (χ2n) is 9.20. The lowest BCUT2D eigenvalue weighted by Crippen LogP contribution is -2.62. The highest BCUT2D eigenvalue weighted by atomic mass is 16.5. The average molecular weight is 479 g/mol. The fourth-order valence-electron chi connectivity index (χ4n) is 4.96. The molecule has 35 heavy (non-hydrogen) atoms. The SMILES string of the molecule is CCC1(CC)CC(=O)N(C(COC)c2cccc(C(=O)N[C@H]3CCOc4ccccc43)c2)C(=N)N1. The Morgan fingerprint density at radius 2 is 2.03 bits per heavy atom. The van der Waals surface area contributed by atoms with Gasteiger partial charge in [-0.25, -0.2) is 0 Å². The molecule has 1 fully saturated rings. The number of nitrogens with zero attached hydrogens (tertiary/aromatic N) is 1. The summed E-state index contributed by atoms with van der Waals surface area (Å²) < 4.78 is 11.1. The number of para-hydroxylation sites is 1. The van der Waals surface area contributed by atoms with Crippen LogP contribution in [0.25, 0.3) is 0 Å². The van der Waals surface area contributed by atoms with E-state index in [1.807, 2.05) is 44.2 Å². The fraction of sp³-hybridized carbons (Fsp3) is 0.444. The molecule has 3 N–H and O–H groups in total. The Kier molecular flexibility index (Phi) is 7.40. The first-order chi connectivity index (χ1) is 16.9. The Labute approximate surface area is 206 Å². The van der Waals surface area contributed by atoms with Gasteiger partial charge in [-0.15, -0.1) is 0 Å². The summed E-state index contributed by atoms with van der Waals surface area (Å²) in [6.07, 6.45) is 2.51. The van der Waals surface area contributed by atoms with E-state index in [2.05, 4.69) is 10.6 Å². The van der Waals surface area contributed by atoms with Gasteiger partial charge in [-0.2, -0.15) is 0 Å². The third-order valence-electron chi connectivity index (χ3n) is 7.17. The second kappa shape index (κ2) is 10.5. The first-order valence-corrected chi connectivity index (χ1v) is 12.2. The van der Waals surface area contributed by atoms with E-state index in [-0.39, 0.29) is 30.4 Å². The normalized spacial score (nSPS) is 19.9. The largest absolute Gasteiger partial charge is 0.493 e. The Hall–Kier alpha value is -3.39. The number of carbonyl (C=O) groups excluding carboxylic acids is 2. The number of ether oxygens (including phenoxy) is 2. The van der Waals surface area contributed by atoms with Crippen LogP contribution in [0.1, 0.15) is 73.1 Å². The number of amides is 2. The molecular formula is C27H34N4O4. The average Bonchev–Trinajstić information content (AvgIpc) is 2.88. The van der Waals surface area contributed by atoms with E-state index < -0.39 is 11.6 Å². The van der Waals surface area contributed by atoms with Crippen LogP contribution in [0.4, 0.5) is 0 Å². The summed E-state index contributed by atoms with van der Waals surface area (Å²) in [6, 6.07) is 14.3. The highest BCUT2D eigenvalue weighted by Gasteiger charge is 2.42. The van der Waals surface area contributed by atoms with Crippen LogP contribution in [0.15, 0.2) is 48.5 Å². The zero-order valence-corrected chi connectivity index (χ0v) is 20.6. The Morgan fingerprint density at radius 1 is 1.26 bits per heavy atom. The first kappa shape index (κ1) is 24.7. The molecule has 1 saturated heterocycles. The van der Waals surface area contributed by atoms with Crippen LogP contribution in [0.3, 0.4) is 0 Å². The molecule has 0 saturated carbocycles. The molecule has 2 amide bonds. The van der Waals surface area contributed by atoms with Gasteiger partial charge in [-0.3, -0.25) is 19.9 Å². The third kappa shape index (κ3) is 5.03. The molecule has 2 aromatic rings. The molecule has 0 aliphatic carbocycles. The fourth-order valence-corrected chi connectivity index (χ4v) is 4.96. The van der Waals surface area contributed by atoms with E-state index in [0.29, 0.717) is 25.0 Å². The number of fused-ring (bicyclic) bond motifs is 1. The van der Waals surface area contributed by atoms with Crippen LogP contribution in [0.5, 0.6) is 5.75 Å². The molecule has 2 aliphatic rings. The lowest BCUT2D eigenvalue weighted by Gasteiger charge is -2.44. The molecule has 2 heterocycles. The molecule has 0 aromatic heterocycles. The maximum atomic E-state index is 13.2. The van der Waals surface area contributed by atoms with Crippen molar-refractivity contribution < 1.29 is 19.1 Å². The van der Waals surface area contributed by atoms with Crippen LogP contribution >= 0.6 is 0 Å². The van der Waals surface area contributed by atoms with Gasteiger partial charge in [0.1, 0.15) is 5.75 Å². The summed E-state index contributed by atoms with van der Waals surface area (Å²) >= 11 is 0. The molecular weight excluding hydrogens is 444 g/mol. The van der Waals surface area contributed by atoms with Gasteiger partial charge in [0.25, 0.3) is 5.91 Å². The number of guanidine groups is 1. The quantitative estimate of drug-likeness (QED) is 0.533. The molecule has 8 nitrogen and oxygen atoms in total. The van der Waals surface area contributed by atoms with Crippen LogP contribution in [0.2, 0.25) is 0 Å². The molecule has 4 rings (SSSR count). The van der Waals surface area contributed by atoms with Gasteiger partial charge >= 0.3 is 0 Å². The molecule has 0 spiro atoms. The summed E-state index contributed by atoms with van der Waals surface area (Å²) in [4.78, 5) is 27.9. The Balaban J connectivity index is 1.56. The number of methoxy groups -OCH3 is 1. The lowest BCUT2D eigenvalue weighted by atomic mass is 9.86. The lowest BCUT2D eigenvalue weighted by molar-refractivity contribution is -0.133. The molecule has 186 valence electrons.